The number of hydrogen-bond acceptors (Lipinski definition) is 3. The molecule has 96 valence electrons. The molecule has 4 heteroatoms. The van der Waals surface area contributed by atoms with E-state index in [1.807, 2.05) is 30.3 Å². The first-order chi connectivity index (χ1) is 9.22. The van der Waals surface area contributed by atoms with Crippen LogP contribution in [-0.2, 0) is 6.54 Å². The summed E-state index contributed by atoms with van der Waals surface area (Å²) in [6, 6.07) is 13.8. The minimum Gasteiger partial charge on any atom is -0.497 e. The predicted octanol–water partition coefficient (Wildman–Crippen LogP) is 3.32. The van der Waals surface area contributed by atoms with Crippen molar-refractivity contribution < 1.29 is 9.13 Å². The van der Waals surface area contributed by atoms with Crippen molar-refractivity contribution in [1.82, 2.24) is 0 Å². The third-order valence-corrected chi connectivity index (χ3v) is 2.72. The smallest absolute Gasteiger partial charge is 0.147 e. The average molecular weight is 256 g/mol. The molecule has 2 aromatic carbocycles. The van der Waals surface area contributed by atoms with E-state index in [1.165, 1.54) is 6.07 Å². The van der Waals surface area contributed by atoms with Crippen molar-refractivity contribution in [3.63, 3.8) is 0 Å². The number of hydrogen-bond donors (Lipinski definition) is 1. The highest BCUT2D eigenvalue weighted by molar-refractivity contribution is 5.49. The Balaban J connectivity index is 2.08. The normalized spacial score (nSPS) is 9.74. The van der Waals surface area contributed by atoms with Crippen LogP contribution in [-0.4, -0.2) is 7.11 Å². The van der Waals surface area contributed by atoms with Gasteiger partial charge < -0.3 is 10.1 Å². The van der Waals surface area contributed by atoms with Gasteiger partial charge in [-0.1, -0.05) is 12.1 Å². The van der Waals surface area contributed by atoms with Crippen molar-refractivity contribution in [3.8, 4) is 11.8 Å². The molecule has 19 heavy (non-hydrogen) atoms. The number of nitrogens with one attached hydrogen (secondary N) is 1. The molecule has 0 spiro atoms. The molecule has 0 amide bonds. The molecule has 2 rings (SSSR count). The highest BCUT2D eigenvalue weighted by atomic mass is 19.1. The molecule has 0 fully saturated rings. The number of ether oxygens (including phenoxy) is 1. The molecule has 0 atom stereocenters. The maximum absolute atomic E-state index is 13.6. The molecule has 0 heterocycles. The molecular formula is C15H13FN2O. The Morgan fingerprint density at radius 1 is 1.26 bits per heavy atom. The highest BCUT2D eigenvalue weighted by Crippen LogP contribution is 2.18. The van der Waals surface area contributed by atoms with E-state index >= 15 is 0 Å². The van der Waals surface area contributed by atoms with Gasteiger partial charge in [-0.3, -0.25) is 0 Å². The number of methoxy groups -OCH3 is 1. The number of nitriles is 1. The van der Waals surface area contributed by atoms with Crippen LogP contribution in [0.3, 0.4) is 0 Å². The first-order valence-electron chi connectivity index (χ1n) is 5.79. The fraction of sp³-hybridized carbons (Fsp3) is 0.133. The first kappa shape index (κ1) is 12.9. The Labute approximate surface area is 111 Å². The summed E-state index contributed by atoms with van der Waals surface area (Å²) in [4.78, 5) is 0. The van der Waals surface area contributed by atoms with Gasteiger partial charge in [0.15, 0.2) is 0 Å². The largest absolute Gasteiger partial charge is 0.497 e. The van der Waals surface area contributed by atoms with Crippen LogP contribution in [0, 0.1) is 17.1 Å². The molecule has 0 aliphatic carbocycles. The van der Waals surface area contributed by atoms with E-state index in [1.54, 1.807) is 19.2 Å². The lowest BCUT2D eigenvalue weighted by Gasteiger charge is -2.09. The van der Waals surface area contributed by atoms with Crippen molar-refractivity contribution in [2.75, 3.05) is 12.4 Å². The van der Waals surface area contributed by atoms with Gasteiger partial charge in [0.25, 0.3) is 0 Å². The minimum absolute atomic E-state index is 0.310. The van der Waals surface area contributed by atoms with Crippen molar-refractivity contribution in [2.24, 2.45) is 0 Å². The summed E-state index contributed by atoms with van der Waals surface area (Å²) in [5.74, 6) is 0.335. The van der Waals surface area contributed by atoms with Crippen molar-refractivity contribution in [1.29, 1.82) is 5.26 Å². The van der Waals surface area contributed by atoms with Crippen LogP contribution in [0.15, 0.2) is 42.5 Å². The van der Waals surface area contributed by atoms with E-state index in [-0.39, 0.29) is 0 Å². The third-order valence-electron chi connectivity index (χ3n) is 2.72. The summed E-state index contributed by atoms with van der Waals surface area (Å²) >= 11 is 0. The zero-order valence-electron chi connectivity index (χ0n) is 10.5. The molecule has 0 aromatic heterocycles. The highest BCUT2D eigenvalue weighted by Gasteiger charge is 2.03. The van der Waals surface area contributed by atoms with Crippen LogP contribution in [0.25, 0.3) is 0 Å². The van der Waals surface area contributed by atoms with Crippen LogP contribution in [0.1, 0.15) is 11.1 Å². The second-order valence-corrected chi connectivity index (χ2v) is 4.01. The van der Waals surface area contributed by atoms with Gasteiger partial charge in [0.2, 0.25) is 0 Å². The molecule has 3 nitrogen and oxygen atoms in total. The molecule has 0 unspecified atom stereocenters. The lowest BCUT2D eigenvalue weighted by atomic mass is 10.2. The van der Waals surface area contributed by atoms with Gasteiger partial charge >= 0.3 is 0 Å². The van der Waals surface area contributed by atoms with Gasteiger partial charge in [-0.25, -0.2) is 4.39 Å². The topological polar surface area (TPSA) is 45.0 Å². The first-order valence-corrected chi connectivity index (χ1v) is 5.79. The van der Waals surface area contributed by atoms with Gasteiger partial charge in [0, 0.05) is 6.54 Å². The van der Waals surface area contributed by atoms with E-state index in [9.17, 15) is 4.39 Å². The number of anilines is 1. The Morgan fingerprint density at radius 3 is 2.79 bits per heavy atom. The zero-order valence-corrected chi connectivity index (χ0v) is 10.5. The summed E-state index contributed by atoms with van der Waals surface area (Å²) in [5.41, 5.74) is 1.68. The number of nitrogens with zero attached hydrogens (tertiary/aromatic N) is 1. The second kappa shape index (κ2) is 5.87. The zero-order chi connectivity index (χ0) is 13.7. The van der Waals surface area contributed by atoms with Gasteiger partial charge in [-0.2, -0.15) is 5.26 Å². The van der Waals surface area contributed by atoms with Crippen molar-refractivity contribution in [3.05, 3.63) is 59.4 Å². The Hall–Kier alpha value is -2.54. The molecule has 1 N–H and O–H groups in total. The Morgan fingerprint density at radius 2 is 2.11 bits per heavy atom. The van der Waals surface area contributed by atoms with Crippen LogP contribution in [0.5, 0.6) is 5.75 Å². The lowest BCUT2D eigenvalue weighted by Crippen LogP contribution is -2.01. The molecule has 0 aliphatic heterocycles. The molecule has 2 aromatic rings. The second-order valence-electron chi connectivity index (χ2n) is 4.01. The molecule has 0 saturated carbocycles. The van der Waals surface area contributed by atoms with Crippen LogP contribution in [0.4, 0.5) is 10.1 Å². The molecule has 0 radical (unpaired) electrons. The summed E-state index contributed by atoms with van der Waals surface area (Å²) in [5, 5.41) is 11.7. The van der Waals surface area contributed by atoms with Crippen LogP contribution < -0.4 is 10.1 Å². The van der Waals surface area contributed by atoms with Gasteiger partial charge in [0.05, 0.1) is 24.4 Å². The number of rotatable bonds is 4. The standard InChI is InChI=1S/C15H13FN2O/c1-19-13-4-2-3-12(7-13)10-18-15-6-5-11(9-17)8-14(15)16/h2-8,18H,10H2,1H3. The number of halogens is 1. The Bertz CT molecular complexity index is 620. The van der Waals surface area contributed by atoms with E-state index in [0.717, 1.165) is 11.3 Å². The summed E-state index contributed by atoms with van der Waals surface area (Å²) in [7, 11) is 1.60. The fourth-order valence-corrected chi connectivity index (χ4v) is 1.71. The van der Waals surface area contributed by atoms with E-state index < -0.39 is 5.82 Å². The monoisotopic (exact) mass is 256 g/mol. The summed E-state index contributed by atoms with van der Waals surface area (Å²) in [6.07, 6.45) is 0. The van der Waals surface area contributed by atoms with E-state index in [4.69, 9.17) is 10.00 Å². The van der Waals surface area contributed by atoms with Crippen molar-refractivity contribution >= 4 is 5.69 Å². The fourth-order valence-electron chi connectivity index (χ4n) is 1.71. The Kier molecular flexibility index (Phi) is 3.99. The minimum atomic E-state index is -0.429. The maximum atomic E-state index is 13.6. The number of benzene rings is 2. The average Bonchev–Trinajstić information content (AvgIpc) is 2.46. The van der Waals surface area contributed by atoms with Crippen LogP contribution in [0.2, 0.25) is 0 Å². The van der Waals surface area contributed by atoms with E-state index in [2.05, 4.69) is 5.32 Å². The molecule has 0 bridgehead atoms. The predicted molar refractivity (Wildman–Crippen MR) is 71.4 cm³/mol. The van der Waals surface area contributed by atoms with Gasteiger partial charge in [0.1, 0.15) is 11.6 Å². The van der Waals surface area contributed by atoms with Gasteiger partial charge in [-0.05, 0) is 35.9 Å². The molecular weight excluding hydrogens is 243 g/mol. The summed E-state index contributed by atoms with van der Waals surface area (Å²) < 4.78 is 18.8. The van der Waals surface area contributed by atoms with Crippen molar-refractivity contribution in [2.45, 2.75) is 6.54 Å². The summed E-state index contributed by atoms with van der Waals surface area (Å²) in [6.45, 7) is 0.486. The SMILES string of the molecule is COc1cccc(CNc2ccc(C#N)cc2F)c1. The molecule has 0 aliphatic rings. The maximum Gasteiger partial charge on any atom is 0.147 e. The van der Waals surface area contributed by atoms with Gasteiger partial charge in [-0.15, -0.1) is 0 Å². The third kappa shape index (κ3) is 3.23. The van der Waals surface area contributed by atoms with E-state index in [0.29, 0.717) is 17.8 Å². The van der Waals surface area contributed by atoms with Crippen LogP contribution >= 0.6 is 0 Å². The molecule has 0 saturated heterocycles. The quantitative estimate of drug-likeness (QED) is 0.912. The lowest BCUT2D eigenvalue weighted by molar-refractivity contribution is 0.414.